The van der Waals surface area contributed by atoms with Gasteiger partial charge in [-0.2, -0.15) is 35.9 Å². The quantitative estimate of drug-likeness (QED) is 0.652. The van der Waals surface area contributed by atoms with Crippen molar-refractivity contribution in [1.82, 2.24) is 0 Å². The zero-order chi connectivity index (χ0) is 6.69. The van der Waals surface area contributed by atoms with Crippen molar-refractivity contribution in [3.63, 3.8) is 0 Å². The molecular formula is C9H11Rf-. The van der Waals surface area contributed by atoms with Crippen molar-refractivity contribution in [3.8, 4) is 0 Å². The van der Waals surface area contributed by atoms with Crippen LogP contribution in [0.2, 0.25) is 0 Å². The number of hydrogen-bond acceptors (Lipinski definition) is 0. The Labute approximate surface area is 56.5 Å². The van der Waals surface area contributed by atoms with Crippen molar-refractivity contribution in [3.05, 3.63) is 35.9 Å². The van der Waals surface area contributed by atoms with E-state index in [0.29, 0.717) is 5.92 Å². The second kappa shape index (κ2) is 3.29. The molecule has 0 nitrogen and oxygen atoms in total. The molecule has 0 aliphatic rings. The fourth-order valence-electron chi connectivity index (χ4n) is 0.785. The van der Waals surface area contributed by atoms with Gasteiger partial charge < -0.3 is 0 Å². The molecule has 0 aliphatic heterocycles. The minimum atomic E-state index is 0. The summed E-state index contributed by atoms with van der Waals surface area (Å²) in [6, 6.07) is 11.1. The minimum absolute atomic E-state index is 0. The van der Waals surface area contributed by atoms with E-state index in [1.807, 2.05) is 12.1 Å². The van der Waals surface area contributed by atoms with Crippen LogP contribution < -0.4 is 0 Å². The van der Waals surface area contributed by atoms with Gasteiger partial charge in [-0.1, -0.05) is 13.8 Å². The zero-order valence-corrected chi connectivity index (χ0v) is 13.0. The number of rotatable bonds is 1. The third-order valence-electron chi connectivity index (χ3n) is 1.41. The Morgan fingerprint density at radius 3 is 2.00 bits per heavy atom. The smallest absolute Gasteiger partial charge is 0 e. The van der Waals surface area contributed by atoms with Crippen LogP contribution in [-0.4, -0.2) is 0 Å². The van der Waals surface area contributed by atoms with Crippen LogP contribution in [0.25, 0.3) is 0 Å². The van der Waals surface area contributed by atoms with Gasteiger partial charge in [0, 0.05) is 0 Å². The second-order valence-electron chi connectivity index (χ2n) is 2.49. The Morgan fingerprint density at radius 1 is 1.20 bits per heavy atom. The Morgan fingerprint density at radius 2 is 1.70 bits per heavy atom. The first kappa shape index (κ1) is 8.22. The fourth-order valence-corrected chi connectivity index (χ4v) is 0.785. The Hall–Kier alpha value is -1.78. The summed E-state index contributed by atoms with van der Waals surface area (Å²) >= 11 is 0. The first-order chi connectivity index (χ1) is 4.30. The number of benzene rings is 1. The predicted molar refractivity (Wildman–Crippen MR) is 39.4 cm³/mol. The van der Waals surface area contributed by atoms with Gasteiger partial charge in [0.05, 0.1) is 0 Å². The number of hydrogen-bond donors (Lipinski definition) is 0. The molecule has 0 N–H and O–H groups in total. The summed E-state index contributed by atoms with van der Waals surface area (Å²) in [5.74, 6) is 0.639. The molecule has 0 unspecified atom stereocenters. The maximum atomic E-state index is 2.99. The van der Waals surface area contributed by atoms with Crippen LogP contribution in [0.15, 0.2) is 24.3 Å². The molecule has 0 atom stereocenters. The van der Waals surface area contributed by atoms with E-state index in [-0.39, 0.29) is 0 Å². The molecule has 1 rings (SSSR count). The molecule has 0 aliphatic carbocycles. The van der Waals surface area contributed by atoms with E-state index in [1.165, 1.54) is 5.56 Å². The normalized spacial score (nSPS) is 9.10. The monoisotopic (exact) mass is 386 g/mol. The van der Waals surface area contributed by atoms with Crippen LogP contribution in [0.4, 0.5) is 0 Å². The fraction of sp³-hybridized carbons (Fsp3) is 0.333. The average molecular weight is 386 g/mol. The molecule has 1 heteroatoms. The van der Waals surface area contributed by atoms with Crippen molar-refractivity contribution in [1.29, 1.82) is 0 Å². The largest absolute Gasteiger partial charge is 0.184 e. The molecule has 10 heavy (non-hydrogen) atoms. The molecule has 0 aromatic heterocycles. The molecule has 0 radical (unpaired) electrons. The molecule has 50 valence electrons. The van der Waals surface area contributed by atoms with Gasteiger partial charge in [-0.25, -0.2) is 0 Å². The summed E-state index contributed by atoms with van der Waals surface area (Å²) in [7, 11) is 0. The molecule has 1 aromatic carbocycles. The molecule has 0 amide bonds. The molecule has 0 spiro atoms. The van der Waals surface area contributed by atoms with Gasteiger partial charge in [-0.15, -0.1) is 0 Å². The summed E-state index contributed by atoms with van der Waals surface area (Å²) in [4.78, 5) is 0. The van der Waals surface area contributed by atoms with Gasteiger partial charge >= 0.3 is 0 Å². The average Bonchev–Trinajstić information content (AvgIpc) is 1.90. The third-order valence-corrected chi connectivity index (χ3v) is 1.41. The van der Waals surface area contributed by atoms with E-state index in [2.05, 4.69) is 32.0 Å². The Bertz CT molecular complexity index is 167. The molecule has 0 heterocycles. The minimum Gasteiger partial charge on any atom is -0.184 e. The van der Waals surface area contributed by atoms with Gasteiger partial charge in [0.25, 0.3) is 0 Å². The molecular weight excluding hydrogens is 375 g/mol. The van der Waals surface area contributed by atoms with Crippen LogP contribution >= 0.6 is 0 Å². The maximum Gasteiger partial charge on any atom is 0 e. The summed E-state index contributed by atoms with van der Waals surface area (Å²) in [5.41, 5.74) is 1.38. The van der Waals surface area contributed by atoms with Gasteiger partial charge in [0.1, 0.15) is 0 Å². The summed E-state index contributed by atoms with van der Waals surface area (Å²) < 4.78 is 0. The van der Waals surface area contributed by atoms with E-state index in [1.54, 1.807) is 0 Å². The second-order valence-corrected chi connectivity index (χ2v) is 2.49. The first-order valence-electron chi connectivity index (χ1n) is 3.26. The summed E-state index contributed by atoms with van der Waals surface area (Å²) in [6.07, 6.45) is 0. The Kier molecular flexibility index (Phi) is 2.70. The van der Waals surface area contributed by atoms with Gasteiger partial charge in [0.2, 0.25) is 0 Å². The maximum absolute atomic E-state index is 2.99. The standard InChI is InChI=1S/C9H11.Rf/c1-8(2)9-6-4-3-5-7-9;/h4-8H,1-2H3;/q-1;. The summed E-state index contributed by atoms with van der Waals surface area (Å²) in [6.45, 7) is 4.38. The van der Waals surface area contributed by atoms with Gasteiger partial charge in [-0.3, -0.25) is 0 Å². The molecule has 0 bridgehead atoms. The SMILES string of the molecule is CC(C)c1cc[c-]cc1.[Rf]. The summed E-state index contributed by atoms with van der Waals surface area (Å²) in [5, 5.41) is 0. The van der Waals surface area contributed by atoms with E-state index in [0.717, 1.165) is 0 Å². The van der Waals surface area contributed by atoms with Crippen molar-refractivity contribution in [2.45, 2.75) is 19.8 Å². The first-order valence-corrected chi connectivity index (χ1v) is 3.26. The van der Waals surface area contributed by atoms with Crippen LogP contribution in [0.3, 0.4) is 0 Å². The molecule has 0 saturated carbocycles. The van der Waals surface area contributed by atoms with Crippen LogP contribution in [-0.2, 0) is 0 Å². The van der Waals surface area contributed by atoms with E-state index < -0.39 is 0 Å². The van der Waals surface area contributed by atoms with Crippen molar-refractivity contribution >= 4 is 0 Å². The molecule has 1 aromatic rings. The zero-order valence-electron chi connectivity index (χ0n) is 6.59. The van der Waals surface area contributed by atoms with Gasteiger partial charge in [0.15, 0.2) is 0 Å². The third kappa shape index (κ3) is 1.62. The van der Waals surface area contributed by atoms with Crippen LogP contribution in [0.5, 0.6) is 0 Å². The predicted octanol–water partition coefficient (Wildman–Crippen LogP) is 2.61. The van der Waals surface area contributed by atoms with Crippen molar-refractivity contribution in [2.24, 2.45) is 0 Å². The van der Waals surface area contributed by atoms with E-state index >= 15 is 0 Å². The Balaban J connectivity index is 0.000000810. The molecule has 0 fully saturated rings. The van der Waals surface area contributed by atoms with Crippen molar-refractivity contribution < 1.29 is 0 Å². The van der Waals surface area contributed by atoms with Crippen molar-refractivity contribution in [2.75, 3.05) is 0 Å². The van der Waals surface area contributed by atoms with Crippen LogP contribution in [0.1, 0.15) is 25.3 Å². The van der Waals surface area contributed by atoms with E-state index in [9.17, 15) is 0 Å². The van der Waals surface area contributed by atoms with Crippen LogP contribution in [0, 0.1) is 6.07 Å². The topological polar surface area (TPSA) is 0 Å². The van der Waals surface area contributed by atoms with E-state index in [4.69, 9.17) is 0 Å². The van der Waals surface area contributed by atoms with Gasteiger partial charge in [-0.05, 0) is 5.92 Å². The molecule has 0 saturated heterocycles.